The van der Waals surface area contributed by atoms with E-state index in [0.717, 1.165) is 39.4 Å². The highest BCUT2D eigenvalue weighted by molar-refractivity contribution is 5.53. The zero-order chi connectivity index (χ0) is 14.9. The largest absolute Gasteiger partial charge is 0.395 e. The van der Waals surface area contributed by atoms with Crippen molar-refractivity contribution in [2.24, 2.45) is 0 Å². The lowest BCUT2D eigenvalue weighted by Crippen LogP contribution is -2.37. The van der Waals surface area contributed by atoms with Gasteiger partial charge in [0.25, 0.3) is 0 Å². The molecule has 0 aliphatic carbocycles. The summed E-state index contributed by atoms with van der Waals surface area (Å²) in [5, 5.41) is 9.22. The first-order chi connectivity index (χ1) is 10.3. The molecule has 0 radical (unpaired) electrons. The Morgan fingerprint density at radius 1 is 1.24 bits per heavy atom. The molecule has 21 heavy (non-hydrogen) atoms. The van der Waals surface area contributed by atoms with Gasteiger partial charge in [0, 0.05) is 45.5 Å². The Labute approximate surface area is 127 Å². The molecule has 0 aromatic heterocycles. The van der Waals surface area contributed by atoms with Crippen LogP contribution in [0.15, 0.2) is 24.3 Å². The van der Waals surface area contributed by atoms with E-state index in [9.17, 15) is 5.11 Å². The van der Waals surface area contributed by atoms with Gasteiger partial charge in [0.2, 0.25) is 0 Å². The van der Waals surface area contributed by atoms with Crippen molar-refractivity contribution in [2.75, 3.05) is 64.6 Å². The normalized spacial score (nSPS) is 15.7. The highest BCUT2D eigenvalue weighted by Crippen LogP contribution is 2.22. The number of rotatable bonds is 8. The van der Waals surface area contributed by atoms with E-state index < -0.39 is 0 Å². The molecule has 5 nitrogen and oxygen atoms in total. The summed E-state index contributed by atoms with van der Waals surface area (Å²) in [6, 6.07) is 8.50. The highest BCUT2D eigenvalue weighted by atomic mass is 16.5. The second-order valence-electron chi connectivity index (χ2n) is 5.22. The first-order valence-corrected chi connectivity index (χ1v) is 7.58. The molecule has 0 spiro atoms. The average Bonchev–Trinajstić information content (AvgIpc) is 2.54. The molecule has 0 bridgehead atoms. The number of nitrogens with zero attached hydrogens (tertiary/aromatic N) is 2. The van der Waals surface area contributed by atoms with Crippen LogP contribution in [0.4, 0.5) is 5.69 Å². The summed E-state index contributed by atoms with van der Waals surface area (Å²) in [7, 11) is 1.71. The highest BCUT2D eigenvalue weighted by Gasteiger charge is 2.16. The number of aliphatic hydroxyl groups is 1. The number of morpholine rings is 1. The lowest BCUT2D eigenvalue weighted by Gasteiger charge is -2.32. The van der Waals surface area contributed by atoms with Crippen LogP contribution in [0.25, 0.3) is 0 Å². The number of para-hydroxylation sites is 1. The maximum Gasteiger partial charge on any atom is 0.0642 e. The molecule has 0 amide bonds. The van der Waals surface area contributed by atoms with Crippen molar-refractivity contribution < 1.29 is 14.6 Å². The molecule has 1 saturated heterocycles. The second-order valence-corrected chi connectivity index (χ2v) is 5.22. The zero-order valence-electron chi connectivity index (χ0n) is 12.8. The molecule has 2 rings (SSSR count). The number of hydrogen-bond donors (Lipinski definition) is 1. The molecule has 118 valence electrons. The third-order valence-corrected chi connectivity index (χ3v) is 3.77. The van der Waals surface area contributed by atoms with Crippen LogP contribution in [0.2, 0.25) is 0 Å². The maximum atomic E-state index is 9.22. The maximum absolute atomic E-state index is 9.22. The van der Waals surface area contributed by atoms with E-state index in [1.807, 2.05) is 0 Å². The van der Waals surface area contributed by atoms with Crippen LogP contribution in [-0.2, 0) is 16.0 Å². The minimum atomic E-state index is 0.170. The minimum absolute atomic E-state index is 0.170. The summed E-state index contributed by atoms with van der Waals surface area (Å²) in [4.78, 5) is 4.61. The van der Waals surface area contributed by atoms with E-state index in [-0.39, 0.29) is 6.61 Å². The van der Waals surface area contributed by atoms with Gasteiger partial charge < -0.3 is 19.5 Å². The van der Waals surface area contributed by atoms with Crippen molar-refractivity contribution >= 4 is 5.69 Å². The summed E-state index contributed by atoms with van der Waals surface area (Å²) in [5.74, 6) is 0. The van der Waals surface area contributed by atoms with Crippen LogP contribution in [0.1, 0.15) is 5.56 Å². The van der Waals surface area contributed by atoms with Crippen molar-refractivity contribution in [2.45, 2.75) is 6.54 Å². The first-order valence-electron chi connectivity index (χ1n) is 7.58. The quantitative estimate of drug-likeness (QED) is 0.774. The van der Waals surface area contributed by atoms with E-state index in [1.54, 1.807) is 7.11 Å². The van der Waals surface area contributed by atoms with Gasteiger partial charge >= 0.3 is 0 Å². The van der Waals surface area contributed by atoms with Crippen LogP contribution < -0.4 is 4.90 Å². The first kappa shape index (κ1) is 16.2. The fraction of sp³-hybridized carbons (Fsp3) is 0.625. The van der Waals surface area contributed by atoms with Gasteiger partial charge in [0.1, 0.15) is 0 Å². The Hall–Kier alpha value is -1.14. The predicted octanol–water partition coefficient (Wildman–Crippen LogP) is 0.964. The second kappa shape index (κ2) is 9.00. The van der Waals surface area contributed by atoms with Crippen LogP contribution in [0.5, 0.6) is 0 Å². The van der Waals surface area contributed by atoms with Gasteiger partial charge in [-0.05, 0) is 11.6 Å². The summed E-state index contributed by atoms with van der Waals surface area (Å²) in [6.07, 6.45) is 0. The Morgan fingerprint density at radius 3 is 2.71 bits per heavy atom. The van der Waals surface area contributed by atoms with Gasteiger partial charge in [-0.3, -0.25) is 4.90 Å². The minimum Gasteiger partial charge on any atom is -0.395 e. The Kier molecular flexibility index (Phi) is 6.95. The summed E-state index contributed by atoms with van der Waals surface area (Å²) in [5.41, 5.74) is 2.57. The fourth-order valence-corrected chi connectivity index (χ4v) is 2.63. The smallest absolute Gasteiger partial charge is 0.0642 e. The SMILES string of the molecule is COCCN(CCO)Cc1ccccc1N1CCOCC1. The molecule has 1 aromatic carbocycles. The average molecular weight is 294 g/mol. The third-order valence-electron chi connectivity index (χ3n) is 3.77. The molecule has 1 aliphatic heterocycles. The monoisotopic (exact) mass is 294 g/mol. The Bertz CT molecular complexity index is 408. The molecule has 5 heteroatoms. The zero-order valence-corrected chi connectivity index (χ0v) is 12.8. The predicted molar refractivity (Wildman–Crippen MR) is 83.7 cm³/mol. The van der Waals surface area contributed by atoms with Crippen LogP contribution in [0.3, 0.4) is 0 Å². The van der Waals surface area contributed by atoms with Gasteiger partial charge in [0.05, 0.1) is 26.4 Å². The van der Waals surface area contributed by atoms with Crippen LogP contribution in [-0.4, -0.2) is 69.7 Å². The number of ether oxygens (including phenoxy) is 2. The number of benzene rings is 1. The van der Waals surface area contributed by atoms with E-state index in [4.69, 9.17) is 9.47 Å². The summed E-state index contributed by atoms with van der Waals surface area (Å²) in [6.45, 7) is 6.64. The molecule has 0 unspecified atom stereocenters. The molecule has 1 aliphatic rings. The topological polar surface area (TPSA) is 45.2 Å². The van der Waals surface area contributed by atoms with Crippen molar-refractivity contribution in [3.8, 4) is 0 Å². The number of anilines is 1. The number of hydrogen-bond acceptors (Lipinski definition) is 5. The Balaban J connectivity index is 2.06. The molecule has 1 N–H and O–H groups in total. The van der Waals surface area contributed by atoms with Crippen LogP contribution >= 0.6 is 0 Å². The third kappa shape index (κ3) is 4.97. The van der Waals surface area contributed by atoms with Gasteiger partial charge in [-0.15, -0.1) is 0 Å². The van der Waals surface area contributed by atoms with Gasteiger partial charge in [-0.25, -0.2) is 0 Å². The lowest BCUT2D eigenvalue weighted by atomic mass is 10.1. The molecule has 0 saturated carbocycles. The van der Waals surface area contributed by atoms with Gasteiger partial charge in [-0.2, -0.15) is 0 Å². The van der Waals surface area contributed by atoms with E-state index in [1.165, 1.54) is 11.3 Å². The number of methoxy groups -OCH3 is 1. The Morgan fingerprint density at radius 2 is 2.00 bits per heavy atom. The molecular formula is C16H26N2O3. The van der Waals surface area contributed by atoms with Crippen LogP contribution in [0, 0.1) is 0 Å². The van der Waals surface area contributed by atoms with Crippen molar-refractivity contribution in [3.05, 3.63) is 29.8 Å². The fourth-order valence-electron chi connectivity index (χ4n) is 2.63. The molecular weight excluding hydrogens is 268 g/mol. The van der Waals surface area contributed by atoms with E-state index >= 15 is 0 Å². The van der Waals surface area contributed by atoms with E-state index in [2.05, 4.69) is 34.1 Å². The molecule has 1 fully saturated rings. The molecule has 1 aromatic rings. The van der Waals surface area contributed by atoms with Gasteiger partial charge in [0.15, 0.2) is 0 Å². The van der Waals surface area contributed by atoms with Gasteiger partial charge in [-0.1, -0.05) is 18.2 Å². The molecule has 1 heterocycles. The molecule has 0 atom stereocenters. The lowest BCUT2D eigenvalue weighted by molar-refractivity contribution is 0.121. The van der Waals surface area contributed by atoms with Crippen molar-refractivity contribution in [1.29, 1.82) is 0 Å². The van der Waals surface area contributed by atoms with E-state index in [0.29, 0.717) is 13.2 Å². The standard InChI is InChI=1S/C16H26N2O3/c1-20-11-7-17(6-10-19)14-15-4-2-3-5-16(15)18-8-12-21-13-9-18/h2-5,19H,6-14H2,1H3. The van der Waals surface area contributed by atoms with Crippen molar-refractivity contribution in [1.82, 2.24) is 4.90 Å². The van der Waals surface area contributed by atoms with Crippen molar-refractivity contribution in [3.63, 3.8) is 0 Å². The number of aliphatic hydroxyl groups excluding tert-OH is 1. The summed E-state index contributed by atoms with van der Waals surface area (Å²) >= 11 is 0. The summed E-state index contributed by atoms with van der Waals surface area (Å²) < 4.78 is 10.6.